The van der Waals surface area contributed by atoms with Gasteiger partial charge in [-0.15, -0.1) is 0 Å². The molecule has 1 unspecified atom stereocenters. The highest BCUT2D eigenvalue weighted by Crippen LogP contribution is 2.27. The van der Waals surface area contributed by atoms with Gasteiger partial charge in [-0.05, 0) is 41.5 Å². The smallest absolute Gasteiger partial charge is 0.219 e. The number of nitrogens with one attached hydrogen (secondary N) is 2. The highest BCUT2D eigenvalue weighted by molar-refractivity contribution is 5.79. The van der Waals surface area contributed by atoms with Crippen LogP contribution in [0.1, 0.15) is 11.1 Å². The van der Waals surface area contributed by atoms with Gasteiger partial charge >= 0.3 is 0 Å². The molecule has 1 aliphatic heterocycles. The standard InChI is InChI=1S/C23H23FN4O2/c1-25-23(28-15-20-12-17-4-2-3-5-21(17)29-20)27-14-16-6-11-22(26-13-16)30-19-9-7-18(24)8-10-19/h2-11,13,20H,12,14-15H2,1H3,(H2,25,27,28). The molecule has 0 saturated carbocycles. The predicted molar refractivity (Wildman–Crippen MR) is 113 cm³/mol. The van der Waals surface area contributed by atoms with Crippen molar-refractivity contribution < 1.29 is 13.9 Å². The Morgan fingerprint density at radius 1 is 1.13 bits per heavy atom. The van der Waals surface area contributed by atoms with Crippen molar-refractivity contribution in [2.45, 2.75) is 19.1 Å². The Morgan fingerprint density at radius 2 is 1.97 bits per heavy atom. The lowest BCUT2D eigenvalue weighted by atomic mass is 10.1. The van der Waals surface area contributed by atoms with E-state index in [1.807, 2.05) is 24.3 Å². The van der Waals surface area contributed by atoms with E-state index in [1.165, 1.54) is 17.7 Å². The first-order chi connectivity index (χ1) is 14.7. The second kappa shape index (κ2) is 9.26. The maximum Gasteiger partial charge on any atom is 0.219 e. The van der Waals surface area contributed by atoms with E-state index in [2.05, 4.69) is 26.7 Å². The summed E-state index contributed by atoms with van der Waals surface area (Å²) in [5.41, 5.74) is 2.22. The van der Waals surface area contributed by atoms with E-state index >= 15 is 0 Å². The zero-order chi connectivity index (χ0) is 20.8. The maximum atomic E-state index is 13.0. The SMILES string of the molecule is CN=C(NCc1ccc(Oc2ccc(F)cc2)nc1)NCC1Cc2ccccc2O1. The minimum atomic E-state index is -0.303. The van der Waals surface area contributed by atoms with E-state index in [0.29, 0.717) is 30.7 Å². The Morgan fingerprint density at radius 3 is 2.70 bits per heavy atom. The van der Waals surface area contributed by atoms with Crippen LogP contribution in [0, 0.1) is 5.82 Å². The van der Waals surface area contributed by atoms with Gasteiger partial charge < -0.3 is 20.1 Å². The number of guanidine groups is 1. The monoisotopic (exact) mass is 406 g/mol. The summed E-state index contributed by atoms with van der Waals surface area (Å²) < 4.78 is 24.5. The number of nitrogens with zero attached hydrogens (tertiary/aromatic N) is 2. The predicted octanol–water partition coefficient (Wildman–Crippen LogP) is 3.68. The lowest BCUT2D eigenvalue weighted by Crippen LogP contribution is -2.41. The van der Waals surface area contributed by atoms with Gasteiger partial charge in [-0.3, -0.25) is 4.99 Å². The van der Waals surface area contributed by atoms with E-state index in [9.17, 15) is 4.39 Å². The van der Waals surface area contributed by atoms with Crippen LogP contribution in [0.4, 0.5) is 4.39 Å². The normalized spacial score (nSPS) is 15.3. The second-order valence-corrected chi connectivity index (χ2v) is 6.92. The maximum absolute atomic E-state index is 13.0. The minimum absolute atomic E-state index is 0.0884. The van der Waals surface area contributed by atoms with Crippen LogP contribution < -0.4 is 20.1 Å². The third kappa shape index (κ3) is 5.05. The van der Waals surface area contributed by atoms with Gasteiger partial charge in [0.1, 0.15) is 23.4 Å². The van der Waals surface area contributed by atoms with Crippen LogP contribution in [0.15, 0.2) is 71.9 Å². The number of pyridine rings is 1. The first-order valence-corrected chi connectivity index (χ1v) is 9.77. The van der Waals surface area contributed by atoms with E-state index in [4.69, 9.17) is 9.47 Å². The summed E-state index contributed by atoms with van der Waals surface area (Å²) in [4.78, 5) is 8.55. The fourth-order valence-corrected chi connectivity index (χ4v) is 3.18. The number of aliphatic imine (C=N–C) groups is 1. The van der Waals surface area contributed by atoms with Crippen molar-refractivity contribution in [3.63, 3.8) is 0 Å². The molecule has 0 fully saturated rings. The number of ether oxygens (including phenoxy) is 2. The van der Waals surface area contributed by atoms with Gasteiger partial charge in [-0.1, -0.05) is 24.3 Å². The number of benzene rings is 2. The molecule has 154 valence electrons. The molecule has 2 aromatic carbocycles. The van der Waals surface area contributed by atoms with E-state index in [0.717, 1.165) is 17.7 Å². The van der Waals surface area contributed by atoms with Crippen LogP contribution in [0.5, 0.6) is 17.4 Å². The summed E-state index contributed by atoms with van der Waals surface area (Å²) in [6.07, 6.45) is 2.71. The molecule has 0 bridgehead atoms. The molecule has 1 aromatic heterocycles. The lowest BCUT2D eigenvalue weighted by Gasteiger charge is -2.15. The second-order valence-electron chi connectivity index (χ2n) is 6.92. The number of rotatable bonds is 6. The van der Waals surface area contributed by atoms with E-state index in [-0.39, 0.29) is 11.9 Å². The van der Waals surface area contributed by atoms with Gasteiger partial charge in [0.15, 0.2) is 5.96 Å². The number of hydrogen-bond donors (Lipinski definition) is 2. The molecule has 2 N–H and O–H groups in total. The van der Waals surface area contributed by atoms with Crippen molar-refractivity contribution >= 4 is 5.96 Å². The zero-order valence-electron chi connectivity index (χ0n) is 16.6. The molecule has 0 spiro atoms. The number of aromatic nitrogens is 1. The summed E-state index contributed by atoms with van der Waals surface area (Å²) >= 11 is 0. The van der Waals surface area contributed by atoms with Crippen LogP contribution >= 0.6 is 0 Å². The quantitative estimate of drug-likeness (QED) is 0.483. The van der Waals surface area contributed by atoms with Crippen molar-refractivity contribution in [1.82, 2.24) is 15.6 Å². The summed E-state index contributed by atoms with van der Waals surface area (Å²) in [5.74, 6) is 2.34. The van der Waals surface area contributed by atoms with Crippen LogP contribution in [0.2, 0.25) is 0 Å². The van der Waals surface area contributed by atoms with Crippen molar-refractivity contribution in [1.29, 1.82) is 0 Å². The van der Waals surface area contributed by atoms with Crippen LogP contribution in [-0.4, -0.2) is 30.6 Å². The first kappa shape index (κ1) is 19.7. The van der Waals surface area contributed by atoms with Crippen LogP contribution in [-0.2, 0) is 13.0 Å². The summed E-state index contributed by atoms with van der Waals surface area (Å²) in [6.45, 7) is 1.23. The summed E-state index contributed by atoms with van der Waals surface area (Å²) in [7, 11) is 1.73. The third-order valence-electron chi connectivity index (χ3n) is 4.73. The van der Waals surface area contributed by atoms with Crippen molar-refractivity contribution in [2.24, 2.45) is 4.99 Å². The number of hydrogen-bond acceptors (Lipinski definition) is 4. The molecule has 0 saturated heterocycles. The number of para-hydroxylation sites is 1. The van der Waals surface area contributed by atoms with Gasteiger partial charge in [0.25, 0.3) is 0 Å². The van der Waals surface area contributed by atoms with Gasteiger partial charge in [0.05, 0.1) is 6.54 Å². The van der Waals surface area contributed by atoms with Crippen LogP contribution in [0.25, 0.3) is 0 Å². The molecule has 3 aromatic rings. The molecule has 1 atom stereocenters. The van der Waals surface area contributed by atoms with Crippen molar-refractivity contribution in [3.8, 4) is 17.4 Å². The Hall–Kier alpha value is -3.61. The molecule has 0 amide bonds. The van der Waals surface area contributed by atoms with Gasteiger partial charge in [0.2, 0.25) is 5.88 Å². The average Bonchev–Trinajstić information content (AvgIpc) is 3.19. The summed E-state index contributed by atoms with van der Waals surface area (Å²) in [6, 6.07) is 17.6. The molecular formula is C23H23FN4O2. The van der Waals surface area contributed by atoms with Gasteiger partial charge in [-0.2, -0.15) is 0 Å². The third-order valence-corrected chi connectivity index (χ3v) is 4.73. The molecule has 1 aliphatic rings. The van der Waals surface area contributed by atoms with Crippen molar-refractivity contribution in [3.05, 3.63) is 83.8 Å². The molecule has 2 heterocycles. The Kier molecular flexibility index (Phi) is 6.08. The topological polar surface area (TPSA) is 67.8 Å². The molecule has 6 nitrogen and oxygen atoms in total. The van der Waals surface area contributed by atoms with Crippen LogP contribution in [0.3, 0.4) is 0 Å². The lowest BCUT2D eigenvalue weighted by molar-refractivity contribution is 0.235. The largest absolute Gasteiger partial charge is 0.488 e. The molecular weight excluding hydrogens is 383 g/mol. The number of halogens is 1. The number of fused-ring (bicyclic) bond motifs is 1. The molecule has 7 heteroatoms. The Balaban J connectivity index is 1.23. The average molecular weight is 406 g/mol. The Labute approximate surface area is 174 Å². The van der Waals surface area contributed by atoms with E-state index < -0.39 is 0 Å². The fraction of sp³-hybridized carbons (Fsp3) is 0.217. The molecule has 0 aliphatic carbocycles. The molecule has 0 radical (unpaired) electrons. The van der Waals surface area contributed by atoms with Gasteiger partial charge in [-0.25, -0.2) is 9.37 Å². The van der Waals surface area contributed by atoms with Crippen molar-refractivity contribution in [2.75, 3.05) is 13.6 Å². The Bertz CT molecular complexity index is 981. The highest BCUT2D eigenvalue weighted by Gasteiger charge is 2.22. The highest BCUT2D eigenvalue weighted by atomic mass is 19.1. The summed E-state index contributed by atoms with van der Waals surface area (Å²) in [5, 5.41) is 6.57. The van der Waals surface area contributed by atoms with Gasteiger partial charge in [0, 0.05) is 32.3 Å². The molecule has 30 heavy (non-hydrogen) atoms. The fourth-order valence-electron chi connectivity index (χ4n) is 3.18. The molecule has 4 rings (SSSR count). The first-order valence-electron chi connectivity index (χ1n) is 9.77. The zero-order valence-corrected chi connectivity index (χ0v) is 16.6. The minimum Gasteiger partial charge on any atom is -0.488 e. The van der Waals surface area contributed by atoms with E-state index in [1.54, 1.807) is 31.4 Å².